The second-order valence-corrected chi connectivity index (χ2v) is 9.37. The number of halogens is 2. The fourth-order valence-corrected chi connectivity index (χ4v) is 5.29. The minimum atomic E-state index is -0.957. The van der Waals surface area contributed by atoms with E-state index in [1.165, 1.54) is 0 Å². The molecule has 2 aliphatic heterocycles. The minimum Gasteiger partial charge on any atom is -0.492 e. The molecule has 4 N–H and O–H groups in total. The Morgan fingerprint density at radius 2 is 1.15 bits per heavy atom. The number of fused-ring (bicyclic) bond motifs is 2. The van der Waals surface area contributed by atoms with Gasteiger partial charge in [0, 0.05) is 19.9 Å². The first-order chi connectivity index (χ1) is 16.4. The smallest absolute Gasteiger partial charge is 0.492 e. The van der Waals surface area contributed by atoms with Gasteiger partial charge < -0.3 is 39.0 Å². The summed E-state index contributed by atoms with van der Waals surface area (Å²) in [6.07, 6.45) is 1.33. The van der Waals surface area contributed by atoms with Gasteiger partial charge in [-0.1, -0.05) is 45.7 Å². The van der Waals surface area contributed by atoms with Crippen molar-refractivity contribution < 1.29 is 39.0 Å². The fourth-order valence-electron chi connectivity index (χ4n) is 4.09. The average molecular weight is 602 g/mol. The lowest BCUT2D eigenvalue weighted by atomic mass is 9.78. The predicted octanol–water partition coefficient (Wildman–Crippen LogP) is 1.98. The summed E-state index contributed by atoms with van der Waals surface area (Å²) in [5.41, 5.74) is 3.21. The van der Waals surface area contributed by atoms with E-state index >= 15 is 0 Å². The van der Waals surface area contributed by atoms with Crippen molar-refractivity contribution in [3.05, 3.63) is 44.3 Å². The zero-order valence-corrected chi connectivity index (χ0v) is 22.2. The first-order valence-electron chi connectivity index (χ1n) is 11.2. The van der Waals surface area contributed by atoms with Crippen LogP contribution in [0.15, 0.2) is 33.2 Å². The van der Waals surface area contributed by atoms with E-state index in [-0.39, 0.29) is 38.6 Å². The molecule has 0 radical (unpaired) electrons. The molecule has 8 nitrogen and oxygen atoms in total. The number of aliphatic hydroxyl groups is 2. The highest BCUT2D eigenvalue weighted by molar-refractivity contribution is 9.10. The zero-order chi connectivity index (χ0) is 24.8. The van der Waals surface area contributed by atoms with Gasteiger partial charge in [0.2, 0.25) is 0 Å². The summed E-state index contributed by atoms with van der Waals surface area (Å²) in [4.78, 5) is 0. The van der Waals surface area contributed by atoms with Gasteiger partial charge >= 0.3 is 14.2 Å². The molecular formula is C22H28B2Br2O8. The summed E-state index contributed by atoms with van der Waals surface area (Å²) < 4.78 is 23.6. The molecule has 0 amide bonds. The van der Waals surface area contributed by atoms with Crippen molar-refractivity contribution in [2.24, 2.45) is 0 Å². The third-order valence-corrected chi connectivity index (χ3v) is 6.93. The Hall–Kier alpha value is -1.11. The quantitative estimate of drug-likeness (QED) is 0.340. The number of benzene rings is 2. The van der Waals surface area contributed by atoms with Gasteiger partial charge in [-0.3, -0.25) is 0 Å². The number of aliphatic hydroxyl groups excluding tert-OH is 2. The van der Waals surface area contributed by atoms with Crippen molar-refractivity contribution in [1.82, 2.24) is 0 Å². The summed E-state index contributed by atoms with van der Waals surface area (Å²) >= 11 is 6.92. The lowest BCUT2D eigenvalue weighted by Crippen LogP contribution is -2.30. The maximum atomic E-state index is 9.90. The van der Waals surface area contributed by atoms with E-state index in [9.17, 15) is 10.0 Å². The second kappa shape index (κ2) is 12.7. The Kier molecular flexibility index (Phi) is 10.3. The molecular weight excluding hydrogens is 574 g/mol. The minimum absolute atomic E-state index is 0.0566. The van der Waals surface area contributed by atoms with Crippen molar-refractivity contribution >= 4 is 57.0 Å². The van der Waals surface area contributed by atoms with E-state index in [4.69, 9.17) is 29.0 Å². The molecule has 0 saturated heterocycles. The second-order valence-electron chi connectivity index (χ2n) is 7.66. The monoisotopic (exact) mass is 600 g/mol. The number of hydrogen-bond acceptors (Lipinski definition) is 8. The SMILES string of the molecule is CCC1OB(O)c2c(OCCO)ccc(Br)c21.CC[C@H]1OB(O)c2c(OCCO)ccc(Br)c21. The first-order valence-corrected chi connectivity index (χ1v) is 12.7. The van der Waals surface area contributed by atoms with Crippen LogP contribution >= 0.6 is 31.9 Å². The third kappa shape index (κ3) is 5.82. The van der Waals surface area contributed by atoms with Crippen molar-refractivity contribution in [2.75, 3.05) is 26.4 Å². The molecule has 0 bridgehead atoms. The van der Waals surface area contributed by atoms with Gasteiger partial charge in [0.25, 0.3) is 0 Å². The summed E-state index contributed by atoms with van der Waals surface area (Å²) in [7, 11) is -1.91. The van der Waals surface area contributed by atoms with Crippen LogP contribution in [0.5, 0.6) is 11.5 Å². The van der Waals surface area contributed by atoms with Crippen LogP contribution < -0.4 is 20.4 Å². The van der Waals surface area contributed by atoms with Crippen molar-refractivity contribution in [3.63, 3.8) is 0 Å². The van der Waals surface area contributed by atoms with Crippen LogP contribution in [-0.2, 0) is 9.31 Å². The highest BCUT2D eigenvalue weighted by Gasteiger charge is 2.39. The zero-order valence-electron chi connectivity index (χ0n) is 19.0. The highest BCUT2D eigenvalue weighted by Crippen LogP contribution is 2.36. The van der Waals surface area contributed by atoms with Gasteiger partial charge in [-0.25, -0.2) is 0 Å². The Labute approximate surface area is 216 Å². The van der Waals surface area contributed by atoms with Crippen molar-refractivity contribution in [1.29, 1.82) is 0 Å². The van der Waals surface area contributed by atoms with Crippen LogP contribution in [0, 0.1) is 0 Å². The largest absolute Gasteiger partial charge is 0.495 e. The van der Waals surface area contributed by atoms with Crippen LogP contribution in [-0.4, -0.2) is 60.9 Å². The number of hydrogen-bond donors (Lipinski definition) is 4. The molecule has 12 heteroatoms. The summed E-state index contributed by atoms with van der Waals surface area (Å²) in [6, 6.07) is 7.28. The van der Waals surface area contributed by atoms with Crippen LogP contribution in [0.25, 0.3) is 0 Å². The molecule has 2 aliphatic rings. The molecule has 0 aromatic heterocycles. The average Bonchev–Trinajstić information content (AvgIpc) is 3.37. The molecule has 2 atom stereocenters. The number of rotatable bonds is 8. The molecule has 34 heavy (non-hydrogen) atoms. The highest BCUT2D eigenvalue weighted by atomic mass is 79.9. The summed E-state index contributed by atoms with van der Waals surface area (Å²) in [6.45, 7) is 4.30. The maximum absolute atomic E-state index is 9.90. The molecule has 0 saturated carbocycles. The third-order valence-electron chi connectivity index (χ3n) is 5.55. The van der Waals surface area contributed by atoms with Crippen LogP contribution in [0.3, 0.4) is 0 Å². The molecule has 1 unspecified atom stereocenters. The van der Waals surface area contributed by atoms with Crippen LogP contribution in [0.2, 0.25) is 0 Å². The van der Waals surface area contributed by atoms with E-state index in [2.05, 4.69) is 31.9 Å². The van der Waals surface area contributed by atoms with E-state index in [1.807, 2.05) is 26.0 Å². The van der Waals surface area contributed by atoms with E-state index in [0.29, 0.717) is 22.4 Å². The van der Waals surface area contributed by atoms with Gasteiger partial charge in [0.05, 0.1) is 25.4 Å². The summed E-state index contributed by atoms with van der Waals surface area (Å²) in [5, 5.41) is 37.3. The van der Waals surface area contributed by atoms with Crippen molar-refractivity contribution in [3.8, 4) is 11.5 Å². The topological polar surface area (TPSA) is 118 Å². The molecule has 4 rings (SSSR count). The Morgan fingerprint density at radius 1 is 0.765 bits per heavy atom. The van der Waals surface area contributed by atoms with Gasteiger partial charge in [-0.15, -0.1) is 0 Å². The Bertz CT molecular complexity index is 903. The van der Waals surface area contributed by atoms with E-state index < -0.39 is 14.2 Å². The summed E-state index contributed by atoms with van der Waals surface area (Å²) in [5.74, 6) is 1.14. The molecule has 2 heterocycles. The normalized spacial score (nSPS) is 18.4. The molecule has 0 fully saturated rings. The molecule has 2 aromatic carbocycles. The Morgan fingerprint density at radius 3 is 1.47 bits per heavy atom. The van der Waals surface area contributed by atoms with E-state index in [1.54, 1.807) is 12.1 Å². The van der Waals surface area contributed by atoms with Crippen molar-refractivity contribution in [2.45, 2.75) is 38.9 Å². The molecule has 184 valence electrons. The first kappa shape index (κ1) is 27.5. The fraction of sp³-hybridized carbons (Fsp3) is 0.455. The number of ether oxygens (including phenoxy) is 2. The lowest BCUT2D eigenvalue weighted by molar-refractivity contribution is 0.185. The van der Waals surface area contributed by atoms with Crippen LogP contribution in [0.1, 0.15) is 50.0 Å². The maximum Gasteiger partial charge on any atom is 0.495 e. The van der Waals surface area contributed by atoms with Gasteiger partial charge in [0.1, 0.15) is 24.7 Å². The lowest BCUT2D eigenvalue weighted by Gasteiger charge is -2.13. The molecule has 0 spiro atoms. The Balaban J connectivity index is 0.000000191. The van der Waals surface area contributed by atoms with E-state index in [0.717, 1.165) is 32.9 Å². The van der Waals surface area contributed by atoms with Gasteiger partial charge in [-0.2, -0.15) is 0 Å². The molecule has 2 aromatic rings. The van der Waals surface area contributed by atoms with Gasteiger partial charge in [-0.05, 0) is 48.2 Å². The van der Waals surface area contributed by atoms with Gasteiger partial charge in [0.15, 0.2) is 0 Å². The molecule has 0 aliphatic carbocycles. The predicted molar refractivity (Wildman–Crippen MR) is 137 cm³/mol. The standard InChI is InChI=1S/2C11H14BBrO4/c2*1-2-8-10-7(13)3-4-9(16-6-5-14)11(10)12(15)17-8/h2*3-4,8,14-15H,2,5-6H2,1H3/t8-;/m1./s1. The van der Waals surface area contributed by atoms with Crippen LogP contribution in [0.4, 0.5) is 0 Å².